The molecule has 2 aromatic rings. The summed E-state index contributed by atoms with van der Waals surface area (Å²) < 4.78 is 10.5. The molecule has 7 heteroatoms. The van der Waals surface area contributed by atoms with E-state index in [1.165, 1.54) is 0 Å². The number of ether oxygens (including phenoxy) is 1. The van der Waals surface area contributed by atoms with Crippen LogP contribution in [-0.2, 0) is 11.3 Å². The van der Waals surface area contributed by atoms with E-state index in [1.807, 2.05) is 12.1 Å². The third-order valence-corrected chi connectivity index (χ3v) is 3.17. The summed E-state index contributed by atoms with van der Waals surface area (Å²) in [6.45, 7) is 0.578. The number of nitrogens with two attached hydrogens (primary N) is 1. The zero-order valence-corrected chi connectivity index (χ0v) is 11.0. The molecular formula is C13H14N4O3. The van der Waals surface area contributed by atoms with Crippen molar-refractivity contribution in [2.45, 2.75) is 13.0 Å². The van der Waals surface area contributed by atoms with Crippen LogP contribution in [0.1, 0.15) is 12.3 Å². The third-order valence-electron chi connectivity index (χ3n) is 3.17. The van der Waals surface area contributed by atoms with Gasteiger partial charge in [-0.3, -0.25) is 4.79 Å². The Hall–Kier alpha value is -2.41. The first-order valence-electron chi connectivity index (χ1n) is 6.25. The lowest BCUT2D eigenvalue weighted by Crippen LogP contribution is -2.25. The lowest BCUT2D eigenvalue weighted by atomic mass is 10.1. The topological polar surface area (TPSA) is 94.5 Å². The molecule has 2 N–H and O–H groups in total. The van der Waals surface area contributed by atoms with Crippen molar-refractivity contribution in [2.75, 3.05) is 18.6 Å². The lowest BCUT2D eigenvalue weighted by molar-refractivity contribution is -0.118. The van der Waals surface area contributed by atoms with E-state index in [9.17, 15) is 4.79 Å². The van der Waals surface area contributed by atoms with Crippen LogP contribution in [0.5, 0.6) is 5.75 Å². The van der Waals surface area contributed by atoms with Gasteiger partial charge in [0, 0.05) is 12.6 Å². The SMILES string of the molecule is CN1C(=O)CCOc2ccc(-c3noc(CN)n3)cc21. The second-order valence-corrected chi connectivity index (χ2v) is 4.45. The van der Waals surface area contributed by atoms with Crippen LogP contribution >= 0.6 is 0 Å². The second kappa shape index (κ2) is 4.93. The maximum atomic E-state index is 11.9. The molecule has 0 aliphatic carbocycles. The van der Waals surface area contributed by atoms with Crippen LogP contribution in [0.25, 0.3) is 11.4 Å². The number of carbonyl (C=O) groups excluding carboxylic acids is 1. The summed E-state index contributed by atoms with van der Waals surface area (Å²) in [6, 6.07) is 5.44. The fraction of sp³-hybridized carbons (Fsp3) is 0.308. The molecule has 1 aliphatic heterocycles. The molecule has 7 nitrogen and oxygen atoms in total. The molecule has 0 fully saturated rings. The van der Waals surface area contributed by atoms with Gasteiger partial charge in [0.25, 0.3) is 0 Å². The Labute approximate surface area is 115 Å². The first kappa shape index (κ1) is 12.6. The summed E-state index contributed by atoms with van der Waals surface area (Å²) >= 11 is 0. The van der Waals surface area contributed by atoms with Gasteiger partial charge in [-0.05, 0) is 18.2 Å². The van der Waals surface area contributed by atoms with Crippen molar-refractivity contribution < 1.29 is 14.1 Å². The van der Waals surface area contributed by atoms with E-state index in [0.29, 0.717) is 36.2 Å². The van der Waals surface area contributed by atoms with E-state index < -0.39 is 0 Å². The number of hydrogen-bond donors (Lipinski definition) is 1. The highest BCUT2D eigenvalue weighted by atomic mass is 16.5. The first-order valence-corrected chi connectivity index (χ1v) is 6.25. The minimum absolute atomic E-state index is 0.0108. The van der Waals surface area contributed by atoms with Crippen molar-refractivity contribution in [3.63, 3.8) is 0 Å². The molecule has 0 saturated carbocycles. The van der Waals surface area contributed by atoms with E-state index in [2.05, 4.69) is 10.1 Å². The Morgan fingerprint density at radius 3 is 3.05 bits per heavy atom. The van der Waals surface area contributed by atoms with Gasteiger partial charge in [0.1, 0.15) is 5.75 Å². The van der Waals surface area contributed by atoms with E-state index in [1.54, 1.807) is 18.0 Å². The third kappa shape index (κ3) is 2.12. The molecule has 0 spiro atoms. The first-order chi connectivity index (χ1) is 9.69. The minimum atomic E-state index is 0.0108. The molecule has 0 atom stereocenters. The highest BCUT2D eigenvalue weighted by Gasteiger charge is 2.21. The molecule has 104 valence electrons. The van der Waals surface area contributed by atoms with Crippen molar-refractivity contribution in [3.8, 4) is 17.1 Å². The van der Waals surface area contributed by atoms with E-state index in [-0.39, 0.29) is 12.5 Å². The average Bonchev–Trinajstić information content (AvgIpc) is 2.90. The van der Waals surface area contributed by atoms with Crippen LogP contribution < -0.4 is 15.4 Å². The van der Waals surface area contributed by atoms with Crippen LogP contribution in [0.2, 0.25) is 0 Å². The van der Waals surface area contributed by atoms with Crippen LogP contribution in [-0.4, -0.2) is 29.7 Å². The molecule has 1 aliphatic rings. The quantitative estimate of drug-likeness (QED) is 0.875. The van der Waals surface area contributed by atoms with Gasteiger partial charge in [-0.2, -0.15) is 4.98 Å². The van der Waals surface area contributed by atoms with Gasteiger partial charge in [0.2, 0.25) is 17.6 Å². The van der Waals surface area contributed by atoms with Crippen LogP contribution in [0.3, 0.4) is 0 Å². The number of aromatic nitrogens is 2. The van der Waals surface area contributed by atoms with Gasteiger partial charge < -0.3 is 19.9 Å². The van der Waals surface area contributed by atoms with E-state index >= 15 is 0 Å². The Balaban J connectivity index is 2.03. The van der Waals surface area contributed by atoms with Crippen LogP contribution in [0.15, 0.2) is 22.7 Å². The lowest BCUT2D eigenvalue weighted by Gasteiger charge is -2.16. The maximum Gasteiger partial charge on any atom is 0.240 e. The number of carbonyl (C=O) groups is 1. The van der Waals surface area contributed by atoms with Crippen molar-refractivity contribution in [1.82, 2.24) is 10.1 Å². The number of anilines is 1. The summed E-state index contributed by atoms with van der Waals surface area (Å²) in [5.41, 5.74) is 6.89. The summed E-state index contributed by atoms with van der Waals surface area (Å²) in [7, 11) is 1.72. The maximum absolute atomic E-state index is 11.9. The van der Waals surface area contributed by atoms with E-state index in [0.717, 1.165) is 5.56 Å². The van der Waals surface area contributed by atoms with Crippen molar-refractivity contribution in [3.05, 3.63) is 24.1 Å². The molecule has 1 aromatic carbocycles. The van der Waals surface area contributed by atoms with Crippen molar-refractivity contribution >= 4 is 11.6 Å². The molecule has 3 rings (SSSR count). The molecule has 20 heavy (non-hydrogen) atoms. The van der Waals surface area contributed by atoms with Crippen LogP contribution in [0.4, 0.5) is 5.69 Å². The largest absolute Gasteiger partial charge is 0.491 e. The predicted octanol–water partition coefficient (Wildman–Crippen LogP) is 0.941. The van der Waals surface area contributed by atoms with Gasteiger partial charge in [0.15, 0.2) is 0 Å². The van der Waals surface area contributed by atoms with Crippen LogP contribution in [0, 0.1) is 0 Å². The van der Waals surface area contributed by atoms with Gasteiger partial charge in [-0.15, -0.1) is 0 Å². The highest BCUT2D eigenvalue weighted by Crippen LogP contribution is 2.34. The molecule has 1 amide bonds. The summed E-state index contributed by atoms with van der Waals surface area (Å²) in [6.07, 6.45) is 0.361. The van der Waals surface area contributed by atoms with Crippen molar-refractivity contribution in [1.29, 1.82) is 0 Å². The van der Waals surface area contributed by atoms with E-state index in [4.69, 9.17) is 15.0 Å². The Morgan fingerprint density at radius 1 is 1.45 bits per heavy atom. The number of rotatable bonds is 2. The standard InChI is InChI=1S/C13H14N4O3/c1-17-9-6-8(13-15-11(7-14)20-16-13)2-3-10(9)19-5-4-12(17)18/h2-3,6H,4-5,7,14H2,1H3. The number of benzene rings is 1. The summed E-state index contributed by atoms with van der Waals surface area (Å²) in [5, 5.41) is 3.86. The minimum Gasteiger partial charge on any atom is -0.491 e. The van der Waals surface area contributed by atoms with Gasteiger partial charge >= 0.3 is 0 Å². The van der Waals surface area contributed by atoms with Gasteiger partial charge in [-0.1, -0.05) is 5.16 Å². The number of hydrogen-bond acceptors (Lipinski definition) is 6. The van der Waals surface area contributed by atoms with Crippen molar-refractivity contribution in [2.24, 2.45) is 5.73 Å². The Morgan fingerprint density at radius 2 is 2.30 bits per heavy atom. The smallest absolute Gasteiger partial charge is 0.240 e. The fourth-order valence-electron chi connectivity index (χ4n) is 2.05. The molecule has 0 saturated heterocycles. The zero-order valence-electron chi connectivity index (χ0n) is 11.0. The molecule has 0 radical (unpaired) electrons. The normalized spacial score (nSPS) is 14.7. The predicted molar refractivity (Wildman–Crippen MR) is 71.1 cm³/mol. The number of fused-ring (bicyclic) bond motifs is 1. The summed E-state index contributed by atoms with van der Waals surface area (Å²) in [4.78, 5) is 17.6. The molecule has 0 unspecified atom stereocenters. The Kier molecular flexibility index (Phi) is 3.11. The second-order valence-electron chi connectivity index (χ2n) is 4.45. The molecule has 1 aromatic heterocycles. The monoisotopic (exact) mass is 274 g/mol. The highest BCUT2D eigenvalue weighted by molar-refractivity contribution is 5.95. The molecule has 2 heterocycles. The zero-order chi connectivity index (χ0) is 14.1. The average molecular weight is 274 g/mol. The van der Waals surface area contributed by atoms with Gasteiger partial charge in [0.05, 0.1) is 25.3 Å². The number of amides is 1. The fourth-order valence-corrected chi connectivity index (χ4v) is 2.05. The Bertz CT molecular complexity index is 653. The molecular weight excluding hydrogens is 260 g/mol. The van der Waals surface area contributed by atoms with Gasteiger partial charge in [-0.25, -0.2) is 0 Å². The summed E-state index contributed by atoms with van der Waals surface area (Å²) in [5.74, 6) is 1.50. The molecule has 0 bridgehead atoms. The number of nitrogens with zero attached hydrogens (tertiary/aromatic N) is 3.